The third-order valence-corrected chi connectivity index (χ3v) is 3.84. The highest BCUT2D eigenvalue weighted by molar-refractivity contribution is 7.94. The van der Waals surface area contributed by atoms with Crippen molar-refractivity contribution in [3.63, 3.8) is 0 Å². The Balaban J connectivity index is 2.28. The molecule has 0 radical (unpaired) electrons. The second-order valence-electron chi connectivity index (χ2n) is 4.76. The molecule has 0 unspecified atom stereocenters. The average Bonchev–Trinajstić information content (AvgIpc) is 2.62. The molecule has 0 fully saturated rings. The van der Waals surface area contributed by atoms with Crippen molar-refractivity contribution in [3.8, 4) is 11.9 Å². The van der Waals surface area contributed by atoms with Gasteiger partial charge >= 0.3 is 0 Å². The van der Waals surface area contributed by atoms with Crippen LogP contribution in [-0.2, 0) is 16.3 Å². The van der Waals surface area contributed by atoms with Crippen LogP contribution in [0.15, 0.2) is 57.0 Å². The summed E-state index contributed by atoms with van der Waals surface area (Å²) in [6.45, 7) is 4.88. The molecular weight excluding hydrogens is 344 g/mol. The number of aromatic hydroxyl groups is 1. The first-order chi connectivity index (χ1) is 12.0. The molecule has 0 aliphatic heterocycles. The first kappa shape index (κ1) is 18.3. The van der Waals surface area contributed by atoms with E-state index in [4.69, 9.17) is 9.60 Å². The predicted octanol–water partition coefficient (Wildman–Crippen LogP) is 3.79. The van der Waals surface area contributed by atoms with Gasteiger partial charge in [0.2, 0.25) is 5.88 Å². The maximum atomic E-state index is 11.9. The summed E-state index contributed by atoms with van der Waals surface area (Å²) in [4.78, 5) is 17.2. The van der Waals surface area contributed by atoms with Crippen LogP contribution in [0.25, 0.3) is 0 Å². The second-order valence-corrected chi connectivity index (χ2v) is 5.53. The van der Waals surface area contributed by atoms with E-state index >= 15 is 0 Å². The highest BCUT2D eigenvalue weighted by atomic mass is 32.2. The van der Waals surface area contributed by atoms with Crippen LogP contribution in [0.2, 0.25) is 0 Å². The predicted molar refractivity (Wildman–Crippen MR) is 91.6 cm³/mol. The standard InChI is InChI=1S/C16H14N4O4S/c1-4-23-24-25-12-7-5-11(6-8-12)18-19-14-10(2)13(9-17)15(21)20(3)16(14)22/h4-8,22H,1H2,2-3H3. The third-order valence-electron chi connectivity index (χ3n) is 3.23. The zero-order chi connectivity index (χ0) is 18.4. The summed E-state index contributed by atoms with van der Waals surface area (Å²) >= 11 is 1.00. The van der Waals surface area contributed by atoms with E-state index in [2.05, 4.69) is 21.7 Å². The smallest absolute Gasteiger partial charge is 0.271 e. The van der Waals surface area contributed by atoms with Crippen molar-refractivity contribution >= 4 is 23.4 Å². The van der Waals surface area contributed by atoms with Crippen molar-refractivity contribution in [1.82, 2.24) is 4.57 Å². The molecule has 2 aromatic rings. The Morgan fingerprint density at radius 3 is 2.64 bits per heavy atom. The second kappa shape index (κ2) is 8.14. The number of aromatic nitrogens is 1. The number of hydrogen-bond acceptors (Lipinski definition) is 8. The summed E-state index contributed by atoms with van der Waals surface area (Å²) in [5.41, 5.74) is 0.189. The van der Waals surface area contributed by atoms with Crippen molar-refractivity contribution in [1.29, 1.82) is 5.26 Å². The summed E-state index contributed by atoms with van der Waals surface area (Å²) in [6, 6.07) is 8.66. The molecule has 2 rings (SSSR count). The number of azo groups is 1. The van der Waals surface area contributed by atoms with Crippen molar-refractivity contribution in [2.45, 2.75) is 11.8 Å². The summed E-state index contributed by atoms with van der Waals surface area (Å²) in [5.74, 6) is -0.354. The van der Waals surface area contributed by atoms with E-state index in [1.54, 1.807) is 24.3 Å². The van der Waals surface area contributed by atoms with E-state index in [9.17, 15) is 9.90 Å². The van der Waals surface area contributed by atoms with Gasteiger partial charge in [0.1, 0.15) is 17.9 Å². The molecule has 0 spiro atoms. The molecule has 1 N–H and O–H groups in total. The molecule has 9 heteroatoms. The number of nitriles is 1. The molecule has 0 atom stereocenters. The van der Waals surface area contributed by atoms with Gasteiger partial charge in [0.15, 0.2) is 5.69 Å². The van der Waals surface area contributed by atoms with Gasteiger partial charge in [0.25, 0.3) is 5.56 Å². The Hall–Kier alpha value is -3.09. The Morgan fingerprint density at radius 2 is 2.04 bits per heavy atom. The maximum absolute atomic E-state index is 11.9. The van der Waals surface area contributed by atoms with Crippen LogP contribution >= 0.6 is 12.0 Å². The van der Waals surface area contributed by atoms with Crippen molar-refractivity contribution in [2.75, 3.05) is 0 Å². The molecular formula is C16H14N4O4S. The molecule has 0 aliphatic rings. The lowest BCUT2D eigenvalue weighted by Gasteiger charge is -2.08. The summed E-state index contributed by atoms with van der Waals surface area (Å²) in [6.07, 6.45) is 1.16. The van der Waals surface area contributed by atoms with Gasteiger partial charge in [-0.2, -0.15) is 10.4 Å². The normalized spacial score (nSPS) is 10.6. The van der Waals surface area contributed by atoms with Gasteiger partial charge in [0, 0.05) is 17.5 Å². The van der Waals surface area contributed by atoms with Crippen LogP contribution in [0.1, 0.15) is 11.1 Å². The van der Waals surface area contributed by atoms with Crippen LogP contribution in [-0.4, -0.2) is 9.67 Å². The van der Waals surface area contributed by atoms with E-state index < -0.39 is 5.56 Å². The summed E-state index contributed by atoms with van der Waals surface area (Å²) < 4.78 is 5.72. The lowest BCUT2D eigenvalue weighted by Crippen LogP contribution is -2.20. The number of rotatable bonds is 6. The van der Waals surface area contributed by atoms with Crippen molar-refractivity contribution < 1.29 is 14.3 Å². The van der Waals surface area contributed by atoms with Gasteiger partial charge < -0.3 is 9.99 Å². The Labute approximate surface area is 147 Å². The minimum absolute atomic E-state index is 0.0693. The minimum atomic E-state index is -0.584. The summed E-state index contributed by atoms with van der Waals surface area (Å²) in [5, 5.41) is 27.2. The van der Waals surface area contributed by atoms with Crippen LogP contribution in [0.4, 0.5) is 11.4 Å². The van der Waals surface area contributed by atoms with E-state index in [0.717, 1.165) is 27.8 Å². The quantitative estimate of drug-likeness (QED) is 0.210. The van der Waals surface area contributed by atoms with Gasteiger partial charge in [-0.05, 0) is 31.2 Å². The monoisotopic (exact) mass is 358 g/mol. The van der Waals surface area contributed by atoms with E-state index in [-0.39, 0.29) is 22.7 Å². The highest BCUT2D eigenvalue weighted by Gasteiger charge is 2.16. The molecule has 0 amide bonds. The molecule has 1 heterocycles. The van der Waals surface area contributed by atoms with E-state index in [1.165, 1.54) is 14.0 Å². The van der Waals surface area contributed by atoms with Crippen LogP contribution in [0.5, 0.6) is 5.88 Å². The topological polar surface area (TPSA) is 109 Å². The lowest BCUT2D eigenvalue weighted by molar-refractivity contribution is -0.129. The molecule has 8 nitrogen and oxygen atoms in total. The number of benzene rings is 1. The fraction of sp³-hybridized carbons (Fsp3) is 0.125. The van der Waals surface area contributed by atoms with E-state index in [1.807, 2.05) is 6.07 Å². The third kappa shape index (κ3) is 4.06. The Morgan fingerprint density at radius 1 is 1.36 bits per heavy atom. The molecule has 0 saturated carbocycles. The summed E-state index contributed by atoms with van der Waals surface area (Å²) in [7, 11) is 1.36. The number of nitrogens with zero attached hydrogens (tertiary/aromatic N) is 4. The van der Waals surface area contributed by atoms with Crippen LogP contribution in [0, 0.1) is 18.3 Å². The largest absolute Gasteiger partial charge is 0.493 e. The molecule has 128 valence electrons. The highest BCUT2D eigenvalue weighted by Crippen LogP contribution is 2.32. The van der Waals surface area contributed by atoms with Crippen LogP contribution < -0.4 is 5.56 Å². The number of pyridine rings is 1. The van der Waals surface area contributed by atoms with Gasteiger partial charge in [-0.1, -0.05) is 6.58 Å². The minimum Gasteiger partial charge on any atom is -0.493 e. The first-order valence-electron chi connectivity index (χ1n) is 6.95. The molecule has 1 aromatic heterocycles. The SMILES string of the molecule is C=COOSc1ccc(N=Nc2c(C)c(C#N)c(=O)n(C)c2O)cc1. The lowest BCUT2D eigenvalue weighted by atomic mass is 10.1. The van der Waals surface area contributed by atoms with E-state index in [0.29, 0.717) is 5.69 Å². The average molecular weight is 358 g/mol. The van der Waals surface area contributed by atoms with Crippen molar-refractivity contribution in [2.24, 2.45) is 17.3 Å². The first-order valence-corrected chi connectivity index (χ1v) is 7.69. The van der Waals surface area contributed by atoms with Gasteiger partial charge in [0.05, 0.1) is 17.7 Å². The fourth-order valence-electron chi connectivity index (χ4n) is 1.88. The van der Waals surface area contributed by atoms with Gasteiger partial charge in [-0.25, -0.2) is 0 Å². The zero-order valence-electron chi connectivity index (χ0n) is 13.5. The molecule has 0 saturated heterocycles. The van der Waals surface area contributed by atoms with Gasteiger partial charge in [-0.15, -0.1) is 9.45 Å². The van der Waals surface area contributed by atoms with Crippen molar-refractivity contribution in [3.05, 3.63) is 58.6 Å². The Bertz CT molecular complexity index is 914. The zero-order valence-corrected chi connectivity index (χ0v) is 14.3. The van der Waals surface area contributed by atoms with Gasteiger partial charge in [-0.3, -0.25) is 9.36 Å². The molecule has 25 heavy (non-hydrogen) atoms. The Kier molecular flexibility index (Phi) is 5.94. The molecule has 0 aliphatic carbocycles. The fourth-order valence-corrected chi connectivity index (χ4v) is 2.30. The maximum Gasteiger partial charge on any atom is 0.271 e. The molecule has 1 aromatic carbocycles. The molecule has 0 bridgehead atoms. The number of hydrogen-bond donors (Lipinski definition) is 1. The van der Waals surface area contributed by atoms with Crippen LogP contribution in [0.3, 0.4) is 0 Å².